The number of hydrogen-bond donors (Lipinski definition) is 1. The van der Waals surface area contributed by atoms with Gasteiger partial charge in [0.1, 0.15) is 0 Å². The Morgan fingerprint density at radius 1 is 1.19 bits per heavy atom. The second kappa shape index (κ2) is 7.11. The maximum absolute atomic E-state index is 12.2. The van der Waals surface area contributed by atoms with E-state index in [1.165, 1.54) is 0 Å². The molecule has 1 fully saturated rings. The minimum atomic E-state index is -3.18. The molecule has 0 aromatic heterocycles. The molecule has 1 aromatic carbocycles. The highest BCUT2D eigenvalue weighted by molar-refractivity contribution is 7.89. The molecule has 0 saturated carbocycles. The van der Waals surface area contributed by atoms with E-state index in [1.807, 2.05) is 24.3 Å². The molecule has 1 aliphatic heterocycles. The molecule has 1 aliphatic rings. The second-order valence-electron chi connectivity index (χ2n) is 5.11. The Morgan fingerprint density at radius 3 is 2.48 bits per heavy atom. The number of rotatable bonds is 6. The molecule has 6 nitrogen and oxygen atoms in total. The number of ether oxygens (including phenoxy) is 1. The summed E-state index contributed by atoms with van der Waals surface area (Å²) < 4.78 is 30.9. The average Bonchev–Trinajstić information content (AvgIpc) is 2.48. The topological polar surface area (TPSA) is 75.9 Å². The van der Waals surface area contributed by atoms with Crippen LogP contribution in [0.4, 0.5) is 11.4 Å². The summed E-state index contributed by atoms with van der Waals surface area (Å²) in [6.45, 7) is 2.81. The molecule has 0 unspecified atom stereocenters. The zero-order valence-electron chi connectivity index (χ0n) is 12.4. The average molecular weight is 313 g/mol. The summed E-state index contributed by atoms with van der Waals surface area (Å²) in [4.78, 5) is 2.14. The van der Waals surface area contributed by atoms with Gasteiger partial charge < -0.3 is 15.4 Å². The Hall–Kier alpha value is -1.31. The molecule has 0 aliphatic carbocycles. The number of anilines is 2. The van der Waals surface area contributed by atoms with Crippen LogP contribution < -0.4 is 10.6 Å². The van der Waals surface area contributed by atoms with Gasteiger partial charge in [-0.15, -0.1) is 0 Å². The van der Waals surface area contributed by atoms with E-state index in [0.717, 1.165) is 11.4 Å². The number of sulfonamides is 1. The summed E-state index contributed by atoms with van der Waals surface area (Å²) in [7, 11) is -1.60. The molecule has 2 rings (SSSR count). The highest BCUT2D eigenvalue weighted by Crippen LogP contribution is 2.24. The number of piperazine rings is 1. The first-order valence-corrected chi connectivity index (χ1v) is 8.72. The third-order valence-corrected chi connectivity index (χ3v) is 5.62. The molecular formula is C14H23N3O3S. The Bertz CT molecular complexity index is 554. The molecule has 0 spiro atoms. The monoisotopic (exact) mass is 313 g/mol. The first kappa shape index (κ1) is 16.1. The van der Waals surface area contributed by atoms with Gasteiger partial charge in [-0.1, -0.05) is 12.1 Å². The lowest BCUT2D eigenvalue weighted by molar-refractivity contribution is 0.199. The molecule has 0 radical (unpaired) electrons. The van der Waals surface area contributed by atoms with Gasteiger partial charge in [0, 0.05) is 39.9 Å². The number of methoxy groups -OCH3 is 1. The summed E-state index contributed by atoms with van der Waals surface area (Å²) in [5.41, 5.74) is 7.68. The molecule has 0 atom stereocenters. The lowest BCUT2D eigenvalue weighted by Gasteiger charge is -2.35. The standard InChI is InChI=1S/C14H23N3O3S/c1-20-11-4-12-21(18,19)17-9-7-16(8-10-17)14-6-3-2-5-13(14)15/h2-3,5-6H,4,7-12,15H2,1H3. The van der Waals surface area contributed by atoms with Crippen molar-refractivity contribution >= 4 is 21.4 Å². The summed E-state index contributed by atoms with van der Waals surface area (Å²) >= 11 is 0. The van der Waals surface area contributed by atoms with Crippen LogP contribution in [0.2, 0.25) is 0 Å². The van der Waals surface area contributed by atoms with Crippen LogP contribution in [0.1, 0.15) is 6.42 Å². The largest absolute Gasteiger partial charge is 0.397 e. The van der Waals surface area contributed by atoms with Crippen molar-refractivity contribution in [2.24, 2.45) is 0 Å². The third kappa shape index (κ3) is 4.09. The molecule has 1 aromatic rings. The summed E-state index contributed by atoms with van der Waals surface area (Å²) in [5, 5.41) is 0. The molecule has 7 heteroatoms. The maximum Gasteiger partial charge on any atom is 0.214 e. The van der Waals surface area contributed by atoms with Gasteiger partial charge in [-0.25, -0.2) is 8.42 Å². The van der Waals surface area contributed by atoms with Gasteiger partial charge in [0.2, 0.25) is 10.0 Å². The van der Waals surface area contributed by atoms with Crippen molar-refractivity contribution in [3.05, 3.63) is 24.3 Å². The van der Waals surface area contributed by atoms with Gasteiger partial charge in [0.15, 0.2) is 0 Å². The summed E-state index contributed by atoms with van der Waals surface area (Å²) in [6, 6.07) is 7.68. The first-order valence-electron chi connectivity index (χ1n) is 7.11. The lowest BCUT2D eigenvalue weighted by atomic mass is 10.2. The van der Waals surface area contributed by atoms with E-state index in [-0.39, 0.29) is 5.75 Å². The van der Waals surface area contributed by atoms with Crippen molar-refractivity contribution in [2.45, 2.75) is 6.42 Å². The zero-order valence-corrected chi connectivity index (χ0v) is 13.2. The first-order chi connectivity index (χ1) is 10.0. The van der Waals surface area contributed by atoms with Crippen molar-refractivity contribution in [1.29, 1.82) is 0 Å². The van der Waals surface area contributed by atoms with Gasteiger partial charge in [-0.2, -0.15) is 4.31 Å². The number of para-hydroxylation sites is 2. The van der Waals surface area contributed by atoms with Crippen LogP contribution in [0.3, 0.4) is 0 Å². The minimum Gasteiger partial charge on any atom is -0.397 e. The summed E-state index contributed by atoms with van der Waals surface area (Å²) in [6.07, 6.45) is 0.532. The highest BCUT2D eigenvalue weighted by Gasteiger charge is 2.27. The number of nitrogens with zero attached hydrogens (tertiary/aromatic N) is 2. The maximum atomic E-state index is 12.2. The van der Waals surface area contributed by atoms with Gasteiger partial charge in [-0.3, -0.25) is 0 Å². The van der Waals surface area contributed by atoms with Gasteiger partial charge in [0.05, 0.1) is 17.1 Å². The van der Waals surface area contributed by atoms with Gasteiger partial charge >= 0.3 is 0 Å². The van der Waals surface area contributed by atoms with Crippen LogP contribution in [0.25, 0.3) is 0 Å². The smallest absolute Gasteiger partial charge is 0.214 e. The van der Waals surface area contributed by atoms with Crippen LogP contribution in [0.15, 0.2) is 24.3 Å². The van der Waals surface area contributed by atoms with Gasteiger partial charge in [-0.05, 0) is 18.6 Å². The molecule has 0 amide bonds. The second-order valence-corrected chi connectivity index (χ2v) is 7.20. The van der Waals surface area contributed by atoms with Crippen molar-refractivity contribution in [3.63, 3.8) is 0 Å². The highest BCUT2D eigenvalue weighted by atomic mass is 32.2. The fourth-order valence-corrected chi connectivity index (χ4v) is 3.96. The Labute approximate surface area is 126 Å². The van der Waals surface area contributed by atoms with E-state index < -0.39 is 10.0 Å². The van der Waals surface area contributed by atoms with Crippen LogP contribution in [0, 0.1) is 0 Å². The van der Waals surface area contributed by atoms with Crippen LogP contribution in [-0.4, -0.2) is 58.4 Å². The van der Waals surface area contributed by atoms with E-state index in [1.54, 1.807) is 11.4 Å². The minimum absolute atomic E-state index is 0.147. The normalized spacial score (nSPS) is 17.1. The van der Waals surface area contributed by atoms with Crippen molar-refractivity contribution in [3.8, 4) is 0 Å². The number of nitrogens with two attached hydrogens (primary N) is 1. The van der Waals surface area contributed by atoms with E-state index in [4.69, 9.17) is 10.5 Å². The van der Waals surface area contributed by atoms with Crippen molar-refractivity contribution in [1.82, 2.24) is 4.31 Å². The quantitative estimate of drug-likeness (QED) is 0.620. The Morgan fingerprint density at radius 2 is 1.86 bits per heavy atom. The Kier molecular flexibility index (Phi) is 5.44. The fourth-order valence-electron chi connectivity index (χ4n) is 2.50. The third-order valence-electron chi connectivity index (χ3n) is 3.66. The van der Waals surface area contributed by atoms with E-state index in [9.17, 15) is 8.42 Å². The lowest BCUT2D eigenvalue weighted by Crippen LogP contribution is -2.49. The predicted octanol–water partition coefficient (Wildman–Crippen LogP) is 0.757. The number of hydrogen-bond acceptors (Lipinski definition) is 5. The summed E-state index contributed by atoms with van der Waals surface area (Å²) in [5.74, 6) is 0.147. The molecule has 1 heterocycles. The number of benzene rings is 1. The fraction of sp³-hybridized carbons (Fsp3) is 0.571. The van der Waals surface area contributed by atoms with Crippen LogP contribution in [-0.2, 0) is 14.8 Å². The van der Waals surface area contributed by atoms with E-state index >= 15 is 0 Å². The van der Waals surface area contributed by atoms with Crippen molar-refractivity contribution in [2.75, 3.05) is 56.3 Å². The molecule has 2 N–H and O–H groups in total. The molecule has 0 bridgehead atoms. The molecule has 118 valence electrons. The van der Waals surface area contributed by atoms with Crippen LogP contribution >= 0.6 is 0 Å². The molecule has 1 saturated heterocycles. The zero-order chi connectivity index (χ0) is 15.3. The SMILES string of the molecule is COCCCS(=O)(=O)N1CCN(c2ccccc2N)CC1. The number of nitrogen functional groups attached to an aromatic ring is 1. The van der Waals surface area contributed by atoms with E-state index in [0.29, 0.717) is 39.2 Å². The van der Waals surface area contributed by atoms with E-state index in [2.05, 4.69) is 4.90 Å². The molecule has 21 heavy (non-hydrogen) atoms. The Balaban J connectivity index is 1.93. The molecular weight excluding hydrogens is 290 g/mol. The predicted molar refractivity (Wildman–Crippen MR) is 84.9 cm³/mol. The van der Waals surface area contributed by atoms with Crippen LogP contribution in [0.5, 0.6) is 0 Å². The van der Waals surface area contributed by atoms with Crippen molar-refractivity contribution < 1.29 is 13.2 Å². The van der Waals surface area contributed by atoms with Gasteiger partial charge in [0.25, 0.3) is 0 Å².